The minimum absolute atomic E-state index is 0.551. The van der Waals surface area contributed by atoms with Crippen LogP contribution in [0.3, 0.4) is 0 Å². The Hall–Kier alpha value is -0.830. The molecule has 0 spiro atoms. The molecule has 0 aliphatic carbocycles. The standard InChI is InChI=1S/C10H11BrN2/c1-6(2)7-3-8-5-12-13-10(8)9(11)4-7/h3-6H,1-2H3,(H,12,13). The van der Waals surface area contributed by atoms with Gasteiger partial charge in [0.15, 0.2) is 0 Å². The van der Waals surface area contributed by atoms with Crippen molar-refractivity contribution in [3.8, 4) is 0 Å². The number of H-pyrrole nitrogens is 1. The number of nitrogens with zero attached hydrogens (tertiary/aromatic N) is 1. The highest BCUT2D eigenvalue weighted by atomic mass is 79.9. The maximum atomic E-state index is 4.01. The van der Waals surface area contributed by atoms with Crippen molar-refractivity contribution in [2.24, 2.45) is 0 Å². The molecule has 13 heavy (non-hydrogen) atoms. The molecule has 68 valence electrons. The maximum Gasteiger partial charge on any atom is 0.0792 e. The molecule has 1 N–H and O–H groups in total. The monoisotopic (exact) mass is 238 g/mol. The number of halogens is 1. The number of fused-ring (bicyclic) bond motifs is 1. The van der Waals surface area contributed by atoms with Crippen LogP contribution in [0.25, 0.3) is 10.9 Å². The Bertz CT molecular complexity index is 431. The molecule has 1 aromatic carbocycles. The van der Waals surface area contributed by atoms with Gasteiger partial charge in [-0.15, -0.1) is 0 Å². The fourth-order valence-corrected chi connectivity index (χ4v) is 1.95. The molecule has 2 aromatic rings. The van der Waals surface area contributed by atoms with Crippen LogP contribution in [-0.2, 0) is 0 Å². The van der Waals surface area contributed by atoms with Crippen LogP contribution in [-0.4, -0.2) is 10.2 Å². The first kappa shape index (κ1) is 8.75. The summed E-state index contributed by atoms with van der Waals surface area (Å²) in [5.41, 5.74) is 2.41. The number of aromatic nitrogens is 2. The SMILES string of the molecule is CC(C)c1cc(Br)c2[nH]ncc2c1. The van der Waals surface area contributed by atoms with E-state index in [1.54, 1.807) is 0 Å². The Morgan fingerprint density at radius 1 is 1.38 bits per heavy atom. The van der Waals surface area contributed by atoms with Crippen LogP contribution in [0.5, 0.6) is 0 Å². The maximum absolute atomic E-state index is 4.01. The van der Waals surface area contributed by atoms with Gasteiger partial charge >= 0.3 is 0 Å². The van der Waals surface area contributed by atoms with Crippen LogP contribution in [0.2, 0.25) is 0 Å². The van der Waals surface area contributed by atoms with E-state index >= 15 is 0 Å². The number of hydrogen-bond acceptors (Lipinski definition) is 1. The predicted octanol–water partition coefficient (Wildman–Crippen LogP) is 3.45. The van der Waals surface area contributed by atoms with Crippen LogP contribution in [0.4, 0.5) is 0 Å². The van der Waals surface area contributed by atoms with Crippen molar-refractivity contribution in [3.63, 3.8) is 0 Å². The molecule has 1 heterocycles. The van der Waals surface area contributed by atoms with Crippen molar-refractivity contribution in [2.75, 3.05) is 0 Å². The van der Waals surface area contributed by atoms with Crippen LogP contribution in [0, 0.1) is 0 Å². The molecule has 0 saturated carbocycles. The quantitative estimate of drug-likeness (QED) is 0.811. The van der Waals surface area contributed by atoms with Crippen LogP contribution < -0.4 is 0 Å². The second-order valence-corrected chi connectivity index (χ2v) is 4.35. The van der Waals surface area contributed by atoms with Crippen molar-refractivity contribution in [1.82, 2.24) is 10.2 Å². The van der Waals surface area contributed by atoms with E-state index in [0.29, 0.717) is 5.92 Å². The molecule has 0 saturated heterocycles. The van der Waals surface area contributed by atoms with Gasteiger partial charge in [-0.2, -0.15) is 5.10 Å². The van der Waals surface area contributed by atoms with Gasteiger partial charge in [-0.05, 0) is 39.5 Å². The van der Waals surface area contributed by atoms with Crippen molar-refractivity contribution >= 4 is 26.8 Å². The van der Waals surface area contributed by atoms with E-state index in [9.17, 15) is 0 Å². The highest BCUT2D eigenvalue weighted by Gasteiger charge is 2.05. The molecule has 2 rings (SSSR count). The Balaban J connectivity index is 2.70. The van der Waals surface area contributed by atoms with Gasteiger partial charge in [0.25, 0.3) is 0 Å². The zero-order chi connectivity index (χ0) is 9.42. The van der Waals surface area contributed by atoms with E-state index in [-0.39, 0.29) is 0 Å². The van der Waals surface area contributed by atoms with E-state index in [0.717, 1.165) is 15.4 Å². The van der Waals surface area contributed by atoms with Gasteiger partial charge in [0.2, 0.25) is 0 Å². The minimum Gasteiger partial charge on any atom is -0.277 e. The Kier molecular flexibility index (Phi) is 2.12. The van der Waals surface area contributed by atoms with E-state index in [1.165, 1.54) is 5.56 Å². The first-order chi connectivity index (χ1) is 6.18. The molecule has 0 aliphatic heterocycles. The fourth-order valence-electron chi connectivity index (χ4n) is 1.37. The lowest BCUT2D eigenvalue weighted by atomic mass is 10.0. The summed E-state index contributed by atoms with van der Waals surface area (Å²) in [4.78, 5) is 0. The van der Waals surface area contributed by atoms with E-state index in [2.05, 4.69) is 52.1 Å². The summed E-state index contributed by atoms with van der Waals surface area (Å²) >= 11 is 3.52. The van der Waals surface area contributed by atoms with Gasteiger partial charge in [-0.25, -0.2) is 0 Å². The average Bonchev–Trinajstić information content (AvgIpc) is 2.51. The summed E-state index contributed by atoms with van der Waals surface area (Å²) < 4.78 is 1.09. The molecule has 0 fully saturated rings. The van der Waals surface area contributed by atoms with Crippen LogP contribution >= 0.6 is 15.9 Å². The Morgan fingerprint density at radius 2 is 2.15 bits per heavy atom. The Labute approximate surface area is 85.5 Å². The van der Waals surface area contributed by atoms with Gasteiger partial charge in [0.1, 0.15) is 0 Å². The average molecular weight is 239 g/mol. The lowest BCUT2D eigenvalue weighted by Gasteiger charge is -2.05. The van der Waals surface area contributed by atoms with E-state index in [4.69, 9.17) is 0 Å². The highest BCUT2D eigenvalue weighted by Crippen LogP contribution is 2.27. The number of hydrogen-bond donors (Lipinski definition) is 1. The molecule has 0 bridgehead atoms. The third-order valence-corrected chi connectivity index (χ3v) is 2.82. The van der Waals surface area contributed by atoms with Crippen molar-refractivity contribution in [2.45, 2.75) is 19.8 Å². The lowest BCUT2D eigenvalue weighted by molar-refractivity contribution is 0.868. The third kappa shape index (κ3) is 1.48. The zero-order valence-electron chi connectivity index (χ0n) is 7.63. The van der Waals surface area contributed by atoms with Gasteiger partial charge < -0.3 is 0 Å². The molecule has 0 radical (unpaired) electrons. The predicted molar refractivity (Wildman–Crippen MR) is 57.9 cm³/mol. The number of benzene rings is 1. The second kappa shape index (κ2) is 3.14. The molecule has 2 nitrogen and oxygen atoms in total. The zero-order valence-corrected chi connectivity index (χ0v) is 9.22. The second-order valence-electron chi connectivity index (χ2n) is 3.49. The number of nitrogens with one attached hydrogen (secondary N) is 1. The summed E-state index contributed by atoms with van der Waals surface area (Å²) in [5.74, 6) is 0.551. The summed E-state index contributed by atoms with van der Waals surface area (Å²) in [6, 6.07) is 4.32. The van der Waals surface area contributed by atoms with Gasteiger partial charge in [-0.3, -0.25) is 5.10 Å². The van der Waals surface area contributed by atoms with Gasteiger partial charge in [0, 0.05) is 9.86 Å². The highest BCUT2D eigenvalue weighted by molar-refractivity contribution is 9.10. The van der Waals surface area contributed by atoms with Crippen molar-refractivity contribution in [1.29, 1.82) is 0 Å². The minimum atomic E-state index is 0.551. The molecule has 0 atom stereocenters. The molecule has 0 amide bonds. The fraction of sp³-hybridized carbons (Fsp3) is 0.300. The van der Waals surface area contributed by atoms with E-state index < -0.39 is 0 Å². The molecule has 0 unspecified atom stereocenters. The van der Waals surface area contributed by atoms with Crippen molar-refractivity contribution in [3.05, 3.63) is 28.4 Å². The summed E-state index contributed by atoms with van der Waals surface area (Å²) in [7, 11) is 0. The molecule has 1 aromatic heterocycles. The molecular formula is C10H11BrN2. The molecule has 3 heteroatoms. The summed E-state index contributed by atoms with van der Waals surface area (Å²) in [5, 5.41) is 8.13. The lowest BCUT2D eigenvalue weighted by Crippen LogP contribution is -1.86. The largest absolute Gasteiger partial charge is 0.277 e. The van der Waals surface area contributed by atoms with Gasteiger partial charge in [0.05, 0.1) is 11.7 Å². The topological polar surface area (TPSA) is 28.7 Å². The normalized spacial score (nSPS) is 11.4. The number of aromatic amines is 1. The first-order valence-electron chi connectivity index (χ1n) is 4.31. The summed E-state index contributed by atoms with van der Waals surface area (Å²) in [6.07, 6.45) is 1.85. The van der Waals surface area contributed by atoms with Crippen molar-refractivity contribution < 1.29 is 0 Å². The summed E-state index contributed by atoms with van der Waals surface area (Å²) in [6.45, 7) is 4.38. The third-order valence-electron chi connectivity index (χ3n) is 2.19. The van der Waals surface area contributed by atoms with Gasteiger partial charge in [-0.1, -0.05) is 13.8 Å². The van der Waals surface area contributed by atoms with E-state index in [1.807, 2.05) is 6.20 Å². The first-order valence-corrected chi connectivity index (χ1v) is 5.10. The molecular weight excluding hydrogens is 228 g/mol. The smallest absolute Gasteiger partial charge is 0.0792 e. The molecule has 0 aliphatic rings. The Morgan fingerprint density at radius 3 is 2.85 bits per heavy atom. The number of rotatable bonds is 1. The van der Waals surface area contributed by atoms with Crippen LogP contribution in [0.15, 0.2) is 22.8 Å². The van der Waals surface area contributed by atoms with Crippen LogP contribution in [0.1, 0.15) is 25.3 Å².